The van der Waals surface area contributed by atoms with E-state index in [1.807, 2.05) is 0 Å². The first-order valence-corrected chi connectivity index (χ1v) is 7.70. The average Bonchev–Trinajstić information content (AvgIpc) is 2.90. The molecular weight excluding hydrogens is 332 g/mol. The van der Waals surface area contributed by atoms with Gasteiger partial charge in [-0.2, -0.15) is 0 Å². The third-order valence-electron chi connectivity index (χ3n) is 3.53. The number of nitro groups is 1. The Morgan fingerprint density at radius 3 is 2.36 bits per heavy atom. The van der Waals surface area contributed by atoms with Crippen molar-refractivity contribution in [1.82, 2.24) is 4.90 Å². The number of likely N-dealkylation sites (tertiary alicyclic amines) is 1. The van der Waals surface area contributed by atoms with Crippen LogP contribution in [0.1, 0.15) is 27.2 Å². The number of hydrogen-bond acceptors (Lipinski definition) is 6. The summed E-state index contributed by atoms with van der Waals surface area (Å²) in [5.74, 6) is -0.772. The smallest absolute Gasteiger partial charge is 0.411 e. The minimum Gasteiger partial charge on any atom is -0.488 e. The van der Waals surface area contributed by atoms with Crippen molar-refractivity contribution in [2.75, 3.05) is 6.54 Å². The topological polar surface area (TPSA) is 119 Å². The standard InChI is InChI=1S/C16H20N2O7/c1-16(2,3)25-15(21)17-9-12(8-13(17)14(19)20)24-11-6-4-10(5-7-11)18(22)23/h4-7,12-13H,8-9H2,1-3H3,(H,19,20). The molecule has 0 aromatic heterocycles. The molecule has 1 amide bonds. The number of carbonyl (C=O) groups excluding carboxylic acids is 1. The molecule has 0 bridgehead atoms. The molecule has 9 heteroatoms. The highest BCUT2D eigenvalue weighted by Gasteiger charge is 2.42. The Balaban J connectivity index is 2.07. The monoisotopic (exact) mass is 352 g/mol. The number of carboxylic acids is 1. The van der Waals surface area contributed by atoms with E-state index in [0.717, 1.165) is 4.90 Å². The van der Waals surface area contributed by atoms with Crippen molar-refractivity contribution in [2.45, 2.75) is 44.9 Å². The SMILES string of the molecule is CC(C)(C)OC(=O)N1CC(Oc2ccc([N+](=O)[O-])cc2)CC1C(=O)O. The van der Waals surface area contributed by atoms with Crippen LogP contribution in [0.5, 0.6) is 5.75 Å². The molecule has 1 saturated heterocycles. The maximum atomic E-state index is 12.2. The lowest BCUT2D eigenvalue weighted by Crippen LogP contribution is -2.43. The van der Waals surface area contributed by atoms with Gasteiger partial charge in [-0.1, -0.05) is 0 Å². The molecule has 1 N–H and O–H groups in total. The molecule has 1 aliphatic heterocycles. The van der Waals surface area contributed by atoms with Gasteiger partial charge >= 0.3 is 12.1 Å². The number of carbonyl (C=O) groups is 2. The zero-order valence-electron chi connectivity index (χ0n) is 14.2. The normalized spacial score (nSPS) is 20.2. The molecule has 2 unspecified atom stereocenters. The van der Waals surface area contributed by atoms with Crippen LogP contribution >= 0.6 is 0 Å². The number of rotatable bonds is 4. The first kappa shape index (κ1) is 18.5. The summed E-state index contributed by atoms with van der Waals surface area (Å²) in [5, 5.41) is 20.0. The van der Waals surface area contributed by atoms with Gasteiger partial charge in [-0.15, -0.1) is 0 Å². The van der Waals surface area contributed by atoms with Crippen molar-refractivity contribution < 1.29 is 29.1 Å². The highest BCUT2D eigenvalue weighted by atomic mass is 16.6. The van der Waals surface area contributed by atoms with Crippen LogP contribution in [0.15, 0.2) is 24.3 Å². The van der Waals surface area contributed by atoms with Crippen molar-refractivity contribution >= 4 is 17.7 Å². The highest BCUT2D eigenvalue weighted by Crippen LogP contribution is 2.26. The molecule has 0 saturated carbocycles. The minimum absolute atomic E-state index is 0.0584. The number of nitrogens with zero attached hydrogens (tertiary/aromatic N) is 2. The van der Waals surface area contributed by atoms with Crippen molar-refractivity contribution in [2.24, 2.45) is 0 Å². The minimum atomic E-state index is -1.14. The molecule has 0 spiro atoms. The lowest BCUT2D eigenvalue weighted by atomic mass is 10.2. The molecule has 9 nitrogen and oxygen atoms in total. The molecule has 2 atom stereocenters. The van der Waals surface area contributed by atoms with E-state index in [9.17, 15) is 24.8 Å². The molecule has 1 fully saturated rings. The highest BCUT2D eigenvalue weighted by molar-refractivity contribution is 5.81. The number of ether oxygens (including phenoxy) is 2. The number of hydrogen-bond donors (Lipinski definition) is 1. The van der Waals surface area contributed by atoms with Crippen LogP contribution < -0.4 is 4.74 Å². The Labute approximate surface area is 144 Å². The number of carboxylic acid groups (broad SMARTS) is 1. The summed E-state index contributed by atoms with van der Waals surface area (Å²) in [6, 6.07) is 4.42. The van der Waals surface area contributed by atoms with Gasteiger partial charge < -0.3 is 14.6 Å². The second-order valence-corrected chi connectivity index (χ2v) is 6.71. The van der Waals surface area contributed by atoms with E-state index in [1.54, 1.807) is 20.8 Å². The number of nitro benzene ring substituents is 1. The largest absolute Gasteiger partial charge is 0.488 e. The maximum Gasteiger partial charge on any atom is 0.411 e. The van der Waals surface area contributed by atoms with Crippen LogP contribution in [0.25, 0.3) is 0 Å². The van der Waals surface area contributed by atoms with Crippen molar-refractivity contribution in [3.05, 3.63) is 34.4 Å². The average molecular weight is 352 g/mol. The molecule has 25 heavy (non-hydrogen) atoms. The summed E-state index contributed by atoms with van der Waals surface area (Å²) in [5.41, 5.74) is -0.810. The van der Waals surface area contributed by atoms with Crippen LogP contribution in [0.2, 0.25) is 0 Å². The zero-order chi connectivity index (χ0) is 18.8. The fourth-order valence-electron chi connectivity index (χ4n) is 2.48. The van der Waals surface area contributed by atoms with Gasteiger partial charge in [0.1, 0.15) is 23.5 Å². The van der Waals surface area contributed by atoms with Crippen molar-refractivity contribution in [3.63, 3.8) is 0 Å². The van der Waals surface area contributed by atoms with Crippen LogP contribution in [-0.2, 0) is 9.53 Å². The van der Waals surface area contributed by atoms with Crippen LogP contribution in [-0.4, -0.2) is 51.3 Å². The van der Waals surface area contributed by atoms with E-state index >= 15 is 0 Å². The summed E-state index contributed by atoms with van der Waals surface area (Å²) >= 11 is 0. The second-order valence-electron chi connectivity index (χ2n) is 6.71. The summed E-state index contributed by atoms with van der Waals surface area (Å²) in [7, 11) is 0. The summed E-state index contributed by atoms with van der Waals surface area (Å²) < 4.78 is 10.9. The molecule has 2 rings (SSSR count). The first-order valence-electron chi connectivity index (χ1n) is 7.70. The van der Waals surface area contributed by atoms with Crippen LogP contribution in [0.3, 0.4) is 0 Å². The van der Waals surface area contributed by atoms with Crippen molar-refractivity contribution in [3.8, 4) is 5.75 Å². The first-order chi connectivity index (χ1) is 11.6. The van der Waals surface area contributed by atoms with Gasteiger partial charge in [0.25, 0.3) is 5.69 Å². The Hall–Kier alpha value is -2.84. The molecule has 136 valence electrons. The molecular formula is C16H20N2O7. The summed E-state index contributed by atoms with van der Waals surface area (Å²) in [6.07, 6.45) is -1.16. The molecule has 1 aliphatic rings. The molecule has 0 radical (unpaired) electrons. The molecule has 1 aromatic carbocycles. The van der Waals surface area contributed by atoms with Crippen LogP contribution in [0.4, 0.5) is 10.5 Å². The van der Waals surface area contributed by atoms with E-state index in [4.69, 9.17) is 9.47 Å². The Bertz CT molecular complexity index is 666. The molecule has 1 aromatic rings. The Morgan fingerprint density at radius 1 is 1.28 bits per heavy atom. The zero-order valence-corrected chi connectivity index (χ0v) is 14.2. The lowest BCUT2D eigenvalue weighted by molar-refractivity contribution is -0.384. The maximum absolute atomic E-state index is 12.2. The van der Waals surface area contributed by atoms with Gasteiger partial charge in [-0.05, 0) is 32.9 Å². The summed E-state index contributed by atoms with van der Waals surface area (Å²) in [6.45, 7) is 5.15. The predicted octanol–water partition coefficient (Wildman–Crippen LogP) is 2.44. The fourth-order valence-corrected chi connectivity index (χ4v) is 2.48. The third kappa shape index (κ3) is 4.82. The Morgan fingerprint density at radius 2 is 1.88 bits per heavy atom. The van der Waals surface area contributed by atoms with E-state index in [2.05, 4.69) is 0 Å². The number of aliphatic carboxylic acids is 1. The van der Waals surface area contributed by atoms with E-state index in [-0.39, 0.29) is 18.7 Å². The number of amides is 1. The fraction of sp³-hybridized carbons (Fsp3) is 0.500. The predicted molar refractivity (Wildman–Crippen MR) is 86.5 cm³/mol. The van der Waals surface area contributed by atoms with Crippen molar-refractivity contribution in [1.29, 1.82) is 0 Å². The second kappa shape index (κ2) is 6.96. The van der Waals surface area contributed by atoms with Gasteiger partial charge in [-0.3, -0.25) is 15.0 Å². The van der Waals surface area contributed by atoms with Gasteiger partial charge in [0.15, 0.2) is 0 Å². The van der Waals surface area contributed by atoms with Gasteiger partial charge in [-0.25, -0.2) is 9.59 Å². The van der Waals surface area contributed by atoms with Crippen LogP contribution in [0, 0.1) is 10.1 Å². The number of benzene rings is 1. The third-order valence-corrected chi connectivity index (χ3v) is 3.53. The van der Waals surface area contributed by atoms with E-state index in [0.29, 0.717) is 5.75 Å². The molecule has 0 aliphatic carbocycles. The van der Waals surface area contributed by atoms with Gasteiger partial charge in [0.2, 0.25) is 0 Å². The Kier molecular flexibility index (Phi) is 5.15. The summed E-state index contributed by atoms with van der Waals surface area (Å²) in [4.78, 5) is 34.9. The van der Waals surface area contributed by atoms with E-state index in [1.165, 1.54) is 24.3 Å². The lowest BCUT2D eigenvalue weighted by Gasteiger charge is -2.26. The van der Waals surface area contributed by atoms with Gasteiger partial charge in [0.05, 0.1) is 11.5 Å². The number of non-ortho nitro benzene ring substituents is 1. The van der Waals surface area contributed by atoms with E-state index < -0.39 is 34.7 Å². The quantitative estimate of drug-likeness (QED) is 0.653. The molecule has 1 heterocycles. The van der Waals surface area contributed by atoms with Gasteiger partial charge in [0, 0.05) is 18.6 Å².